The van der Waals surface area contributed by atoms with Crippen molar-refractivity contribution in [3.8, 4) is 0 Å². The van der Waals surface area contributed by atoms with Crippen molar-refractivity contribution in [2.45, 2.75) is 46.1 Å². The van der Waals surface area contributed by atoms with Crippen LogP contribution in [-0.4, -0.2) is 16.4 Å². The van der Waals surface area contributed by atoms with Crippen LogP contribution in [0.1, 0.15) is 50.0 Å². The fraction of sp³-hybridized carbons (Fsp3) is 0.333. The quantitative estimate of drug-likeness (QED) is 0.633. The molecule has 0 saturated carbocycles. The van der Waals surface area contributed by atoms with Crippen LogP contribution in [0.15, 0.2) is 60.8 Å². The Hall–Kier alpha value is -2.75. The summed E-state index contributed by atoms with van der Waals surface area (Å²) in [6.07, 6.45) is 2.99. The molecule has 1 atom stereocenters. The summed E-state index contributed by atoms with van der Waals surface area (Å²) in [6, 6.07) is 16.6. The third-order valence-corrected chi connectivity index (χ3v) is 4.70. The first-order valence-corrected chi connectivity index (χ1v) is 9.56. The maximum absolute atomic E-state index is 13.9. The van der Waals surface area contributed by atoms with Crippen LogP contribution in [0.4, 0.5) is 4.39 Å². The van der Waals surface area contributed by atoms with E-state index in [0.29, 0.717) is 10.9 Å². The summed E-state index contributed by atoms with van der Waals surface area (Å²) in [5.41, 5.74) is 1.51. The maximum Gasteiger partial charge on any atom is 0.253 e. The molecule has 146 valence electrons. The number of carbonyl (C=O) groups is 1. The average Bonchev–Trinajstić information content (AvgIpc) is 2.60. The van der Waals surface area contributed by atoms with Crippen LogP contribution in [0, 0.1) is 11.2 Å². The van der Waals surface area contributed by atoms with Gasteiger partial charge in [0.15, 0.2) is 0 Å². The SMILES string of the molecule is CC(C)(C)CC(C)(Cc1ccccc1)NC(=O)c1cnc2c(F)cccc2c1. The standard InChI is InChI=1S/C24H27FN2O/c1-23(2,3)16-24(4,14-17-9-6-5-7-10-17)27-22(28)19-13-18-11-8-12-20(25)21(18)26-15-19/h5-13,15H,14,16H2,1-4H3,(H,27,28). The molecule has 3 nitrogen and oxygen atoms in total. The number of para-hydroxylation sites is 1. The Morgan fingerprint density at radius 1 is 1.04 bits per heavy atom. The Labute approximate surface area is 166 Å². The van der Waals surface area contributed by atoms with Gasteiger partial charge < -0.3 is 5.32 Å². The minimum absolute atomic E-state index is 0.0432. The van der Waals surface area contributed by atoms with E-state index in [1.54, 1.807) is 18.2 Å². The Balaban J connectivity index is 1.88. The fourth-order valence-electron chi connectivity index (χ4n) is 3.96. The summed E-state index contributed by atoms with van der Waals surface area (Å²) >= 11 is 0. The summed E-state index contributed by atoms with van der Waals surface area (Å²) in [5.74, 6) is -0.576. The van der Waals surface area contributed by atoms with E-state index in [2.05, 4.69) is 50.1 Å². The highest BCUT2D eigenvalue weighted by atomic mass is 19.1. The lowest BCUT2D eigenvalue weighted by Gasteiger charge is -2.37. The van der Waals surface area contributed by atoms with Crippen LogP contribution in [0.2, 0.25) is 0 Å². The molecule has 1 amide bonds. The van der Waals surface area contributed by atoms with E-state index in [1.807, 2.05) is 18.2 Å². The Kier molecular flexibility index (Phi) is 5.50. The number of rotatable bonds is 5. The number of aromatic nitrogens is 1. The molecule has 0 bridgehead atoms. The first-order chi connectivity index (χ1) is 13.2. The van der Waals surface area contributed by atoms with Crippen molar-refractivity contribution in [1.82, 2.24) is 10.3 Å². The second-order valence-electron chi connectivity index (χ2n) is 8.95. The lowest BCUT2D eigenvalue weighted by atomic mass is 9.77. The topological polar surface area (TPSA) is 42.0 Å². The van der Waals surface area contributed by atoms with Crippen LogP contribution in [-0.2, 0) is 6.42 Å². The zero-order valence-corrected chi connectivity index (χ0v) is 16.9. The number of nitrogens with one attached hydrogen (secondary N) is 1. The Morgan fingerprint density at radius 3 is 2.43 bits per heavy atom. The lowest BCUT2D eigenvalue weighted by molar-refractivity contribution is 0.0879. The van der Waals surface area contributed by atoms with Crippen LogP contribution in [0.3, 0.4) is 0 Å². The molecule has 0 aliphatic carbocycles. The van der Waals surface area contributed by atoms with Crippen LogP contribution < -0.4 is 5.32 Å². The average molecular weight is 378 g/mol. The fourth-order valence-corrected chi connectivity index (χ4v) is 3.96. The largest absolute Gasteiger partial charge is 0.346 e. The molecule has 1 heterocycles. The normalized spacial score (nSPS) is 13.9. The van der Waals surface area contributed by atoms with Gasteiger partial charge in [0.25, 0.3) is 5.91 Å². The molecule has 0 saturated heterocycles. The Morgan fingerprint density at radius 2 is 1.75 bits per heavy atom. The summed E-state index contributed by atoms with van der Waals surface area (Å²) in [7, 11) is 0. The number of hydrogen-bond acceptors (Lipinski definition) is 2. The van der Waals surface area contributed by atoms with Gasteiger partial charge in [0.1, 0.15) is 11.3 Å². The first-order valence-electron chi connectivity index (χ1n) is 9.56. The smallest absolute Gasteiger partial charge is 0.253 e. The number of pyridine rings is 1. The van der Waals surface area contributed by atoms with Gasteiger partial charge >= 0.3 is 0 Å². The van der Waals surface area contributed by atoms with Crippen molar-refractivity contribution in [1.29, 1.82) is 0 Å². The molecule has 1 unspecified atom stereocenters. The molecular formula is C24H27FN2O. The number of carbonyl (C=O) groups excluding carboxylic acids is 1. The summed E-state index contributed by atoms with van der Waals surface area (Å²) in [4.78, 5) is 17.2. The molecule has 3 aromatic rings. The van der Waals surface area contributed by atoms with Gasteiger partial charge in [-0.25, -0.2) is 4.39 Å². The van der Waals surface area contributed by atoms with Crippen molar-refractivity contribution in [3.05, 3.63) is 77.7 Å². The highest BCUT2D eigenvalue weighted by molar-refractivity contribution is 5.97. The molecular weight excluding hydrogens is 351 g/mol. The van der Waals surface area contributed by atoms with Crippen LogP contribution in [0.25, 0.3) is 10.9 Å². The lowest BCUT2D eigenvalue weighted by Crippen LogP contribution is -2.50. The molecule has 2 aromatic carbocycles. The second-order valence-corrected chi connectivity index (χ2v) is 8.95. The van der Waals surface area contributed by atoms with Crippen molar-refractivity contribution in [3.63, 3.8) is 0 Å². The minimum atomic E-state index is -0.423. The van der Waals surface area contributed by atoms with Gasteiger partial charge in [-0.2, -0.15) is 0 Å². The zero-order valence-electron chi connectivity index (χ0n) is 16.9. The first kappa shape index (κ1) is 20.0. The Bertz CT molecular complexity index is 979. The molecule has 0 radical (unpaired) electrons. The van der Waals surface area contributed by atoms with Gasteiger partial charge in [0.2, 0.25) is 0 Å². The number of hydrogen-bond donors (Lipinski definition) is 1. The van der Waals surface area contributed by atoms with Crippen LogP contribution >= 0.6 is 0 Å². The van der Waals surface area contributed by atoms with Gasteiger partial charge in [-0.1, -0.05) is 63.2 Å². The summed E-state index contributed by atoms with van der Waals surface area (Å²) in [6.45, 7) is 8.59. The predicted molar refractivity (Wildman–Crippen MR) is 112 cm³/mol. The molecule has 4 heteroatoms. The van der Waals surface area contributed by atoms with Crippen molar-refractivity contribution < 1.29 is 9.18 Å². The van der Waals surface area contributed by atoms with Crippen molar-refractivity contribution in [2.24, 2.45) is 5.41 Å². The van der Waals surface area contributed by atoms with Gasteiger partial charge in [-0.15, -0.1) is 0 Å². The third kappa shape index (κ3) is 4.94. The van der Waals surface area contributed by atoms with Gasteiger partial charge in [-0.3, -0.25) is 9.78 Å². The van der Waals surface area contributed by atoms with E-state index < -0.39 is 5.54 Å². The predicted octanol–water partition coefficient (Wildman–Crippen LogP) is 5.54. The number of nitrogens with zero attached hydrogens (tertiary/aromatic N) is 1. The third-order valence-electron chi connectivity index (χ3n) is 4.70. The maximum atomic E-state index is 13.9. The minimum Gasteiger partial charge on any atom is -0.346 e. The highest BCUT2D eigenvalue weighted by Gasteiger charge is 2.32. The zero-order chi connectivity index (χ0) is 20.4. The van der Waals surface area contributed by atoms with E-state index in [9.17, 15) is 9.18 Å². The van der Waals surface area contributed by atoms with Crippen LogP contribution in [0.5, 0.6) is 0 Å². The van der Waals surface area contributed by atoms with E-state index in [-0.39, 0.29) is 22.7 Å². The molecule has 0 aliphatic rings. The monoisotopic (exact) mass is 378 g/mol. The van der Waals surface area contributed by atoms with Gasteiger partial charge in [-0.05, 0) is 42.9 Å². The number of halogens is 1. The van der Waals surface area contributed by atoms with Gasteiger partial charge in [0, 0.05) is 17.1 Å². The van der Waals surface area contributed by atoms with E-state index in [4.69, 9.17) is 0 Å². The second kappa shape index (κ2) is 7.70. The molecule has 28 heavy (non-hydrogen) atoms. The summed E-state index contributed by atoms with van der Waals surface area (Å²) < 4.78 is 13.9. The highest BCUT2D eigenvalue weighted by Crippen LogP contribution is 2.30. The molecule has 3 rings (SSSR count). The van der Waals surface area contributed by atoms with E-state index in [1.165, 1.54) is 17.8 Å². The van der Waals surface area contributed by atoms with Gasteiger partial charge in [0.05, 0.1) is 5.56 Å². The van der Waals surface area contributed by atoms with E-state index in [0.717, 1.165) is 12.8 Å². The number of benzene rings is 2. The molecule has 1 aromatic heterocycles. The molecule has 0 fully saturated rings. The van der Waals surface area contributed by atoms with Crippen molar-refractivity contribution >= 4 is 16.8 Å². The summed E-state index contributed by atoms with van der Waals surface area (Å²) in [5, 5.41) is 3.84. The molecule has 1 N–H and O–H groups in total. The molecule has 0 spiro atoms. The molecule has 0 aliphatic heterocycles. The number of fused-ring (bicyclic) bond motifs is 1. The van der Waals surface area contributed by atoms with E-state index >= 15 is 0 Å². The van der Waals surface area contributed by atoms with Crippen molar-refractivity contribution in [2.75, 3.05) is 0 Å². The number of amides is 1.